The van der Waals surface area contributed by atoms with Crippen LogP contribution in [0.2, 0.25) is 0 Å². The van der Waals surface area contributed by atoms with Gasteiger partial charge in [-0.25, -0.2) is 9.13 Å². The molecule has 606 valence electrons. The third kappa shape index (κ3) is 76.3. The van der Waals surface area contributed by atoms with E-state index in [0.717, 1.165) is 95.8 Å². The summed E-state index contributed by atoms with van der Waals surface area (Å²) in [7, 11) is -9.92. The molecule has 19 heteroatoms. The Balaban J connectivity index is 5.24. The van der Waals surface area contributed by atoms with E-state index in [1.54, 1.807) is 0 Å². The molecule has 0 rings (SSSR count). The highest BCUT2D eigenvalue weighted by Gasteiger charge is 2.30. The van der Waals surface area contributed by atoms with Gasteiger partial charge < -0.3 is 33.8 Å². The lowest BCUT2D eigenvalue weighted by Crippen LogP contribution is -2.30. The fraction of sp³-hybridized carbons (Fsp3) is 0.952. The molecule has 0 aliphatic heterocycles. The molecule has 0 spiro atoms. The van der Waals surface area contributed by atoms with Crippen molar-refractivity contribution in [3.63, 3.8) is 0 Å². The van der Waals surface area contributed by atoms with Crippen molar-refractivity contribution in [1.82, 2.24) is 0 Å². The van der Waals surface area contributed by atoms with Gasteiger partial charge in [0, 0.05) is 25.7 Å². The first-order chi connectivity index (χ1) is 49.5. The van der Waals surface area contributed by atoms with Crippen LogP contribution in [0, 0.1) is 5.92 Å². The Labute approximate surface area is 626 Å². The molecular weight excluding hydrogens is 1330 g/mol. The standard InChI is InChI=1S/C83H162O17P2/c1-6-9-12-15-18-21-24-26-28-29-30-31-32-33-39-44-49-54-59-64-69-83(88)100-79(73-94-81(86)67-62-57-52-47-42-38-35-34-36-41-45-50-55-60-65-76(4)5)75-98-102(91,92)96-71-77(84)70-95-101(89,90)97-74-78(72-93-80(85)66-61-56-51-46-40-23-20-17-14-11-8-3)99-82(87)68-63-58-53-48-43-37-27-25-22-19-16-13-10-7-2/h76-79,84H,6-75H2,1-5H3,(H,89,90)(H,91,92)/t77-,78+,79+/m0/s1. The minimum absolute atomic E-state index is 0.109. The maximum atomic E-state index is 13.1. The molecule has 0 aromatic heterocycles. The quantitative estimate of drug-likeness (QED) is 0.0222. The van der Waals surface area contributed by atoms with Gasteiger partial charge in [0.15, 0.2) is 12.2 Å². The highest BCUT2D eigenvalue weighted by molar-refractivity contribution is 7.47. The maximum Gasteiger partial charge on any atom is 0.472 e. The molecular formula is C83H162O17P2. The predicted octanol–water partition coefficient (Wildman–Crippen LogP) is 25.2. The fourth-order valence-corrected chi connectivity index (χ4v) is 14.5. The van der Waals surface area contributed by atoms with E-state index in [0.29, 0.717) is 25.7 Å². The van der Waals surface area contributed by atoms with E-state index in [-0.39, 0.29) is 25.7 Å². The van der Waals surface area contributed by atoms with Crippen LogP contribution < -0.4 is 0 Å². The summed E-state index contributed by atoms with van der Waals surface area (Å²) in [5.74, 6) is -1.30. The van der Waals surface area contributed by atoms with Gasteiger partial charge in [-0.3, -0.25) is 37.3 Å². The van der Waals surface area contributed by atoms with Crippen molar-refractivity contribution < 1.29 is 80.2 Å². The van der Waals surface area contributed by atoms with Crippen molar-refractivity contribution in [3.05, 3.63) is 0 Å². The number of phosphoric ester groups is 2. The Kier molecular flexibility index (Phi) is 74.4. The summed E-state index contributed by atoms with van der Waals surface area (Å²) in [5.41, 5.74) is 0. The van der Waals surface area contributed by atoms with Gasteiger partial charge in [0.1, 0.15) is 19.3 Å². The number of aliphatic hydroxyl groups is 1. The first-order valence-corrected chi connectivity index (χ1v) is 46.1. The van der Waals surface area contributed by atoms with Crippen LogP contribution in [-0.4, -0.2) is 96.7 Å². The maximum absolute atomic E-state index is 13.1. The Morgan fingerprint density at radius 1 is 0.265 bits per heavy atom. The van der Waals surface area contributed by atoms with Crippen LogP contribution in [-0.2, 0) is 65.4 Å². The lowest BCUT2D eigenvalue weighted by atomic mass is 10.0. The zero-order valence-corrected chi connectivity index (χ0v) is 68.5. The Bertz CT molecular complexity index is 1940. The summed E-state index contributed by atoms with van der Waals surface area (Å²) in [5, 5.41) is 10.7. The second kappa shape index (κ2) is 75.9. The van der Waals surface area contributed by atoms with E-state index < -0.39 is 97.5 Å². The fourth-order valence-electron chi connectivity index (χ4n) is 12.9. The van der Waals surface area contributed by atoms with E-state index in [2.05, 4.69) is 34.6 Å². The molecule has 102 heavy (non-hydrogen) atoms. The molecule has 0 saturated carbocycles. The predicted molar refractivity (Wildman–Crippen MR) is 418 cm³/mol. The average molecular weight is 1490 g/mol. The van der Waals surface area contributed by atoms with Crippen LogP contribution in [0.15, 0.2) is 0 Å². The third-order valence-electron chi connectivity index (χ3n) is 19.5. The smallest absolute Gasteiger partial charge is 0.462 e. The number of phosphoric acid groups is 2. The Hall–Kier alpha value is -1.94. The van der Waals surface area contributed by atoms with E-state index in [9.17, 15) is 43.2 Å². The van der Waals surface area contributed by atoms with Gasteiger partial charge >= 0.3 is 39.5 Å². The molecule has 17 nitrogen and oxygen atoms in total. The third-order valence-corrected chi connectivity index (χ3v) is 21.4. The zero-order chi connectivity index (χ0) is 74.8. The molecule has 0 fully saturated rings. The van der Waals surface area contributed by atoms with Crippen molar-refractivity contribution in [2.24, 2.45) is 5.92 Å². The van der Waals surface area contributed by atoms with Gasteiger partial charge in [0.2, 0.25) is 0 Å². The van der Waals surface area contributed by atoms with Gasteiger partial charge in [-0.15, -0.1) is 0 Å². The molecule has 0 amide bonds. The highest BCUT2D eigenvalue weighted by atomic mass is 31.2. The topological polar surface area (TPSA) is 237 Å². The zero-order valence-electron chi connectivity index (χ0n) is 66.8. The summed E-state index contributed by atoms with van der Waals surface area (Å²) in [6.07, 6.45) is 67.9. The van der Waals surface area contributed by atoms with Crippen molar-refractivity contribution in [2.45, 2.75) is 464 Å². The van der Waals surface area contributed by atoms with Gasteiger partial charge in [-0.1, -0.05) is 394 Å². The van der Waals surface area contributed by atoms with Crippen LogP contribution in [0.1, 0.15) is 446 Å². The SMILES string of the molecule is CCCCCCCCCCCCCCCCCCCCCCC(=O)O[C@H](COC(=O)CCCCCCCCCCCCCCCCC(C)C)COP(=O)(O)OC[C@@H](O)COP(=O)(O)OC[C@@H](COC(=O)CCCCCCCCCCCCC)OC(=O)CCCCCCCCCCCCCCCC. The van der Waals surface area contributed by atoms with Gasteiger partial charge in [-0.2, -0.15) is 0 Å². The van der Waals surface area contributed by atoms with E-state index in [4.69, 9.17) is 37.0 Å². The number of ether oxygens (including phenoxy) is 4. The number of aliphatic hydroxyl groups excluding tert-OH is 1. The van der Waals surface area contributed by atoms with Crippen LogP contribution >= 0.6 is 15.6 Å². The summed E-state index contributed by atoms with van der Waals surface area (Å²) >= 11 is 0. The van der Waals surface area contributed by atoms with E-state index in [1.165, 1.54) is 270 Å². The molecule has 0 radical (unpaired) electrons. The largest absolute Gasteiger partial charge is 0.472 e. The number of carbonyl (C=O) groups is 4. The molecule has 0 aliphatic carbocycles. The second-order valence-electron chi connectivity index (χ2n) is 30.3. The monoisotopic (exact) mass is 1490 g/mol. The molecule has 3 N–H and O–H groups in total. The van der Waals surface area contributed by atoms with Crippen molar-refractivity contribution in [2.75, 3.05) is 39.6 Å². The molecule has 0 aromatic carbocycles. The summed E-state index contributed by atoms with van der Waals surface area (Å²) in [6.45, 7) is 7.37. The number of rotatable bonds is 83. The van der Waals surface area contributed by atoms with Crippen molar-refractivity contribution in [1.29, 1.82) is 0 Å². The molecule has 5 atom stereocenters. The van der Waals surface area contributed by atoms with Gasteiger partial charge in [0.25, 0.3) is 0 Å². The number of unbranched alkanes of at least 4 members (excludes halogenated alkanes) is 55. The average Bonchev–Trinajstić information content (AvgIpc) is 0.909. The second-order valence-corrected chi connectivity index (χ2v) is 33.3. The van der Waals surface area contributed by atoms with Crippen LogP contribution in [0.4, 0.5) is 0 Å². The van der Waals surface area contributed by atoms with E-state index in [1.807, 2.05) is 0 Å². The first kappa shape index (κ1) is 100. The molecule has 0 aromatic rings. The number of hydrogen-bond acceptors (Lipinski definition) is 15. The first-order valence-electron chi connectivity index (χ1n) is 43.1. The van der Waals surface area contributed by atoms with Gasteiger partial charge in [0.05, 0.1) is 26.4 Å². The molecule has 0 saturated heterocycles. The van der Waals surface area contributed by atoms with Crippen LogP contribution in [0.3, 0.4) is 0 Å². The molecule has 2 unspecified atom stereocenters. The summed E-state index contributed by atoms with van der Waals surface area (Å²) < 4.78 is 68.8. The molecule has 0 aliphatic rings. The lowest BCUT2D eigenvalue weighted by Gasteiger charge is -2.21. The highest BCUT2D eigenvalue weighted by Crippen LogP contribution is 2.45. The number of carbonyl (C=O) groups excluding carboxylic acids is 4. The van der Waals surface area contributed by atoms with Crippen LogP contribution in [0.5, 0.6) is 0 Å². The minimum atomic E-state index is -4.96. The van der Waals surface area contributed by atoms with Gasteiger partial charge in [-0.05, 0) is 31.6 Å². The summed E-state index contributed by atoms with van der Waals surface area (Å²) in [6, 6.07) is 0. The lowest BCUT2D eigenvalue weighted by molar-refractivity contribution is -0.161. The molecule has 0 heterocycles. The van der Waals surface area contributed by atoms with E-state index >= 15 is 0 Å². The summed E-state index contributed by atoms with van der Waals surface area (Å²) in [4.78, 5) is 73.1. The molecule has 0 bridgehead atoms. The minimum Gasteiger partial charge on any atom is -0.462 e. The van der Waals surface area contributed by atoms with Crippen LogP contribution in [0.25, 0.3) is 0 Å². The number of esters is 4. The number of hydrogen-bond donors (Lipinski definition) is 3. The van der Waals surface area contributed by atoms with Crippen molar-refractivity contribution >= 4 is 39.5 Å². The Morgan fingerprint density at radius 2 is 0.451 bits per heavy atom. The van der Waals surface area contributed by atoms with Crippen molar-refractivity contribution in [3.8, 4) is 0 Å². The Morgan fingerprint density at radius 3 is 0.667 bits per heavy atom. The normalized spacial score (nSPS) is 13.8.